The van der Waals surface area contributed by atoms with E-state index in [1.165, 1.54) is 231 Å². The molecule has 0 amide bonds. The average molecular weight is 1440 g/mol. The lowest BCUT2D eigenvalue weighted by Crippen LogP contribution is -2.30. The maximum absolute atomic E-state index is 13.1. The van der Waals surface area contributed by atoms with Crippen molar-refractivity contribution in [2.24, 2.45) is 11.8 Å². The quantitative estimate of drug-likeness (QED) is 0.0222. The number of hydrogen-bond donors (Lipinski definition) is 3. The van der Waals surface area contributed by atoms with Gasteiger partial charge in [-0.2, -0.15) is 0 Å². The van der Waals surface area contributed by atoms with E-state index in [9.17, 15) is 43.2 Å². The van der Waals surface area contributed by atoms with Crippen LogP contribution in [0.5, 0.6) is 0 Å². The van der Waals surface area contributed by atoms with Gasteiger partial charge in [-0.15, -0.1) is 0 Å². The van der Waals surface area contributed by atoms with Crippen LogP contribution in [0.15, 0.2) is 0 Å². The normalized spacial score (nSPS) is 13.9. The van der Waals surface area contributed by atoms with E-state index < -0.39 is 97.5 Å². The van der Waals surface area contributed by atoms with Crippen LogP contribution in [0.1, 0.15) is 414 Å². The van der Waals surface area contributed by atoms with Crippen LogP contribution in [0, 0.1) is 11.8 Å². The monoisotopic (exact) mass is 1440 g/mol. The lowest BCUT2D eigenvalue weighted by molar-refractivity contribution is -0.161. The first kappa shape index (κ1) is 96.1. The van der Waals surface area contributed by atoms with E-state index in [-0.39, 0.29) is 25.7 Å². The zero-order chi connectivity index (χ0) is 72.1. The van der Waals surface area contributed by atoms with Crippen LogP contribution >= 0.6 is 15.6 Å². The van der Waals surface area contributed by atoms with Crippen LogP contribution < -0.4 is 0 Å². The Balaban J connectivity index is 5.24. The Morgan fingerprint density at radius 2 is 0.469 bits per heavy atom. The van der Waals surface area contributed by atoms with Gasteiger partial charge >= 0.3 is 39.5 Å². The molecule has 0 fully saturated rings. The fraction of sp³-hybridized carbons (Fsp3) is 0.949. The Morgan fingerprint density at radius 1 is 0.276 bits per heavy atom. The van der Waals surface area contributed by atoms with E-state index in [0.717, 1.165) is 102 Å². The number of ether oxygens (including phenoxy) is 4. The van der Waals surface area contributed by atoms with Gasteiger partial charge in [-0.05, 0) is 37.5 Å². The van der Waals surface area contributed by atoms with Crippen LogP contribution in [0.4, 0.5) is 0 Å². The summed E-state index contributed by atoms with van der Waals surface area (Å²) in [6.07, 6.45) is 59.6. The Labute approximate surface area is 600 Å². The van der Waals surface area contributed by atoms with Gasteiger partial charge in [0.1, 0.15) is 19.3 Å². The van der Waals surface area contributed by atoms with Crippen molar-refractivity contribution in [3.05, 3.63) is 0 Å². The molecule has 0 aromatic rings. The van der Waals surface area contributed by atoms with Crippen LogP contribution in [0.3, 0.4) is 0 Å². The third-order valence-electron chi connectivity index (χ3n) is 18.5. The second-order valence-corrected chi connectivity index (χ2v) is 32.3. The first-order chi connectivity index (χ1) is 47.4. The lowest BCUT2D eigenvalue weighted by atomic mass is 10.0. The maximum Gasteiger partial charge on any atom is 0.472 e. The number of aliphatic hydroxyl groups excluding tert-OH is 1. The Hall–Kier alpha value is -1.94. The van der Waals surface area contributed by atoms with Crippen molar-refractivity contribution in [2.45, 2.75) is 432 Å². The molecule has 19 heteroatoms. The first-order valence-corrected chi connectivity index (χ1v) is 44.0. The Bertz CT molecular complexity index is 1890. The summed E-state index contributed by atoms with van der Waals surface area (Å²) in [5.41, 5.74) is 0. The van der Waals surface area contributed by atoms with Crippen LogP contribution in [0.2, 0.25) is 0 Å². The number of carbonyl (C=O) groups excluding carboxylic acids is 4. The predicted molar refractivity (Wildman–Crippen MR) is 400 cm³/mol. The second-order valence-electron chi connectivity index (χ2n) is 29.4. The van der Waals surface area contributed by atoms with Crippen molar-refractivity contribution in [3.63, 3.8) is 0 Å². The molecule has 0 aliphatic rings. The molecule has 3 N–H and O–H groups in total. The number of hydrogen-bond acceptors (Lipinski definition) is 15. The number of unbranched alkanes of at least 4 members (excludes halogenated alkanes) is 48. The van der Waals surface area contributed by atoms with Gasteiger partial charge in [0.05, 0.1) is 26.4 Å². The van der Waals surface area contributed by atoms with Crippen molar-refractivity contribution in [3.8, 4) is 0 Å². The van der Waals surface area contributed by atoms with Crippen molar-refractivity contribution in [2.75, 3.05) is 39.6 Å². The molecule has 5 atom stereocenters. The number of aliphatic hydroxyl groups is 1. The molecule has 0 rings (SSSR count). The van der Waals surface area contributed by atoms with Gasteiger partial charge in [0.15, 0.2) is 12.2 Å². The van der Waals surface area contributed by atoms with Gasteiger partial charge in [0.2, 0.25) is 0 Å². The van der Waals surface area contributed by atoms with Gasteiger partial charge in [-0.25, -0.2) is 9.13 Å². The molecule has 98 heavy (non-hydrogen) atoms. The van der Waals surface area contributed by atoms with Crippen molar-refractivity contribution >= 4 is 39.5 Å². The first-order valence-electron chi connectivity index (χ1n) is 41.0. The molecular weight excluding hydrogens is 1280 g/mol. The summed E-state index contributed by atoms with van der Waals surface area (Å²) in [5, 5.41) is 10.6. The highest BCUT2D eigenvalue weighted by Gasteiger charge is 2.30. The van der Waals surface area contributed by atoms with E-state index >= 15 is 0 Å². The van der Waals surface area contributed by atoms with Gasteiger partial charge in [-0.1, -0.05) is 363 Å². The van der Waals surface area contributed by atoms with Crippen LogP contribution in [-0.4, -0.2) is 96.7 Å². The number of phosphoric acid groups is 2. The molecule has 0 spiro atoms. The van der Waals surface area contributed by atoms with Gasteiger partial charge in [0, 0.05) is 25.7 Å². The molecule has 582 valence electrons. The molecule has 2 unspecified atom stereocenters. The zero-order valence-electron chi connectivity index (χ0n) is 64.1. The largest absolute Gasteiger partial charge is 0.472 e. The van der Waals surface area contributed by atoms with Gasteiger partial charge in [0.25, 0.3) is 0 Å². The SMILES string of the molecule is CCCCCCCCCCCCCCCCCCCC(=O)OC[C@H](COP(=O)(O)OC[C@@H](O)COP(=O)(O)OC[C@@H](COC(=O)CCCCCCCCCCCC)OC(=O)CCCCCCCCCCCCCC(C)C)OC(=O)CCCCCCCCCCCCCCCCC(C)C. The third-order valence-corrected chi connectivity index (χ3v) is 20.4. The highest BCUT2D eigenvalue weighted by molar-refractivity contribution is 7.47. The van der Waals surface area contributed by atoms with Crippen molar-refractivity contribution in [1.29, 1.82) is 0 Å². The van der Waals surface area contributed by atoms with Crippen LogP contribution in [-0.2, 0) is 65.4 Å². The number of rotatable bonds is 78. The Kier molecular flexibility index (Phi) is 69.3. The van der Waals surface area contributed by atoms with Gasteiger partial charge in [-0.3, -0.25) is 37.3 Å². The standard InChI is InChI=1S/C79H154O17P2/c1-7-9-11-13-15-17-19-20-21-22-23-27-32-38-44-50-56-62-77(82)90-68-75(95-78(83)63-57-51-45-39-33-28-25-24-26-30-35-41-47-53-59-71(3)4)70-94-98(87,88)92-66-73(80)65-91-97(85,86)93-69-74(67-89-76(81)61-55-49-43-37-18-16-14-12-10-8-2)96-79(84)64-58-52-46-40-34-29-31-36-42-48-54-60-72(5)6/h71-75,80H,7-70H2,1-6H3,(H,85,86)(H,87,88)/t73-,74+,75+/m0/s1. The molecule has 0 heterocycles. The lowest BCUT2D eigenvalue weighted by Gasteiger charge is -2.21. The summed E-state index contributed by atoms with van der Waals surface area (Å²) in [5.74, 6) is -0.550. The van der Waals surface area contributed by atoms with E-state index in [1.54, 1.807) is 0 Å². The molecule has 0 bridgehead atoms. The highest BCUT2D eigenvalue weighted by Crippen LogP contribution is 2.45. The smallest absolute Gasteiger partial charge is 0.462 e. The van der Waals surface area contributed by atoms with E-state index in [0.29, 0.717) is 25.7 Å². The van der Waals surface area contributed by atoms with Crippen molar-refractivity contribution < 1.29 is 80.2 Å². The summed E-state index contributed by atoms with van der Waals surface area (Å²) in [6.45, 7) is 9.64. The molecule has 0 saturated carbocycles. The van der Waals surface area contributed by atoms with Gasteiger partial charge < -0.3 is 33.8 Å². The fourth-order valence-electron chi connectivity index (χ4n) is 12.2. The second kappa shape index (κ2) is 70.7. The third kappa shape index (κ3) is 72.4. The maximum atomic E-state index is 13.1. The number of carbonyl (C=O) groups is 4. The zero-order valence-corrected chi connectivity index (χ0v) is 65.9. The predicted octanol–water partition coefficient (Wildman–Crippen LogP) is 23.5. The molecule has 0 aliphatic carbocycles. The molecule has 0 saturated heterocycles. The van der Waals surface area contributed by atoms with E-state index in [4.69, 9.17) is 37.0 Å². The average Bonchev–Trinajstić information content (AvgIpc) is 1.04. The summed E-state index contributed by atoms with van der Waals surface area (Å²) in [7, 11) is -9.92. The number of esters is 4. The fourth-order valence-corrected chi connectivity index (χ4v) is 13.8. The molecule has 0 aromatic heterocycles. The molecular formula is C79H154O17P2. The minimum Gasteiger partial charge on any atom is -0.462 e. The minimum atomic E-state index is -4.96. The summed E-state index contributed by atoms with van der Waals surface area (Å²) >= 11 is 0. The van der Waals surface area contributed by atoms with Crippen LogP contribution in [0.25, 0.3) is 0 Å². The molecule has 0 aromatic carbocycles. The number of phosphoric ester groups is 2. The van der Waals surface area contributed by atoms with E-state index in [2.05, 4.69) is 41.5 Å². The summed E-state index contributed by atoms with van der Waals surface area (Å²) in [4.78, 5) is 72.9. The molecule has 17 nitrogen and oxygen atoms in total. The van der Waals surface area contributed by atoms with Crippen molar-refractivity contribution in [1.82, 2.24) is 0 Å². The summed E-state index contributed by atoms with van der Waals surface area (Å²) in [6, 6.07) is 0. The topological polar surface area (TPSA) is 237 Å². The Morgan fingerprint density at radius 3 is 0.694 bits per heavy atom. The highest BCUT2D eigenvalue weighted by atomic mass is 31.2. The molecule has 0 aliphatic heterocycles. The summed E-state index contributed by atoms with van der Waals surface area (Å²) < 4.78 is 68.6. The molecule has 0 radical (unpaired) electrons. The van der Waals surface area contributed by atoms with E-state index in [1.807, 2.05) is 0 Å². The minimum absolute atomic E-state index is 0.107.